The van der Waals surface area contributed by atoms with Crippen LogP contribution in [0.3, 0.4) is 0 Å². The molecular formula is C13H21N3O. The van der Waals surface area contributed by atoms with E-state index in [4.69, 9.17) is 10.5 Å². The molecule has 0 aliphatic heterocycles. The van der Waals surface area contributed by atoms with Crippen molar-refractivity contribution in [2.45, 2.75) is 19.8 Å². The van der Waals surface area contributed by atoms with E-state index in [1.165, 1.54) is 12.8 Å². The second-order valence-electron chi connectivity index (χ2n) is 4.81. The van der Waals surface area contributed by atoms with E-state index in [2.05, 4.69) is 9.88 Å². The number of aromatic nitrogens is 1. The van der Waals surface area contributed by atoms with Gasteiger partial charge in [-0.05, 0) is 37.8 Å². The van der Waals surface area contributed by atoms with Gasteiger partial charge in [-0.15, -0.1) is 0 Å². The van der Waals surface area contributed by atoms with Crippen LogP contribution in [0.15, 0.2) is 12.1 Å². The standard InChI is InChI=1S/C13H21N3O/c1-10-3-6-12(14)13(15-10)16(2)7-8-17-9-11-4-5-11/h3,6,11H,4-5,7-9,14H2,1-2H3. The second kappa shape index (κ2) is 5.36. The maximum Gasteiger partial charge on any atom is 0.151 e. The lowest BCUT2D eigenvalue weighted by molar-refractivity contribution is 0.131. The van der Waals surface area contributed by atoms with Crippen LogP contribution in [-0.2, 0) is 4.74 Å². The minimum Gasteiger partial charge on any atom is -0.396 e. The molecule has 2 rings (SSSR count). The van der Waals surface area contributed by atoms with E-state index < -0.39 is 0 Å². The first-order chi connectivity index (χ1) is 8.16. The molecule has 0 bridgehead atoms. The van der Waals surface area contributed by atoms with E-state index in [9.17, 15) is 0 Å². The minimum atomic E-state index is 0.722. The Morgan fingerprint density at radius 3 is 2.94 bits per heavy atom. The van der Waals surface area contributed by atoms with Crippen LogP contribution in [0.4, 0.5) is 11.5 Å². The molecule has 1 aromatic rings. The number of likely N-dealkylation sites (N-methyl/N-ethyl adjacent to an activating group) is 1. The fourth-order valence-electron chi connectivity index (χ4n) is 1.70. The molecule has 0 radical (unpaired) electrons. The maximum absolute atomic E-state index is 5.91. The number of hydrogen-bond acceptors (Lipinski definition) is 4. The van der Waals surface area contributed by atoms with Gasteiger partial charge in [-0.2, -0.15) is 0 Å². The molecule has 94 valence electrons. The third kappa shape index (κ3) is 3.60. The van der Waals surface area contributed by atoms with Crippen LogP contribution >= 0.6 is 0 Å². The van der Waals surface area contributed by atoms with E-state index in [1.807, 2.05) is 26.1 Å². The molecule has 4 nitrogen and oxygen atoms in total. The number of aryl methyl sites for hydroxylation is 1. The third-order valence-electron chi connectivity index (χ3n) is 3.03. The molecule has 0 saturated heterocycles. The molecule has 1 fully saturated rings. The van der Waals surface area contributed by atoms with Crippen LogP contribution < -0.4 is 10.6 Å². The molecule has 2 N–H and O–H groups in total. The number of anilines is 2. The van der Waals surface area contributed by atoms with Gasteiger partial charge in [0.2, 0.25) is 0 Å². The Labute approximate surface area is 103 Å². The smallest absolute Gasteiger partial charge is 0.151 e. The van der Waals surface area contributed by atoms with Crippen LogP contribution in [0.5, 0.6) is 0 Å². The number of nitrogens with zero attached hydrogens (tertiary/aromatic N) is 2. The quantitative estimate of drug-likeness (QED) is 0.764. The fraction of sp³-hybridized carbons (Fsp3) is 0.615. The average molecular weight is 235 g/mol. The predicted octanol–water partition coefficient (Wildman–Crippen LogP) is 1.84. The summed E-state index contributed by atoms with van der Waals surface area (Å²) in [5.74, 6) is 1.67. The molecule has 4 heteroatoms. The van der Waals surface area contributed by atoms with Gasteiger partial charge in [-0.25, -0.2) is 4.98 Å². The van der Waals surface area contributed by atoms with Crippen molar-refractivity contribution in [3.05, 3.63) is 17.8 Å². The number of hydrogen-bond donors (Lipinski definition) is 1. The Kier molecular flexibility index (Phi) is 3.84. The van der Waals surface area contributed by atoms with Crippen molar-refractivity contribution in [1.82, 2.24) is 4.98 Å². The van der Waals surface area contributed by atoms with E-state index in [0.29, 0.717) is 0 Å². The molecule has 0 atom stereocenters. The topological polar surface area (TPSA) is 51.4 Å². The van der Waals surface area contributed by atoms with Gasteiger partial charge in [0.25, 0.3) is 0 Å². The van der Waals surface area contributed by atoms with E-state index >= 15 is 0 Å². The van der Waals surface area contributed by atoms with Crippen LogP contribution in [0.1, 0.15) is 18.5 Å². The van der Waals surface area contributed by atoms with Crippen molar-refractivity contribution in [1.29, 1.82) is 0 Å². The Morgan fingerprint density at radius 1 is 1.47 bits per heavy atom. The van der Waals surface area contributed by atoms with Gasteiger partial charge in [0.05, 0.1) is 12.3 Å². The molecule has 0 aromatic carbocycles. The van der Waals surface area contributed by atoms with Crippen molar-refractivity contribution >= 4 is 11.5 Å². The minimum absolute atomic E-state index is 0.722. The summed E-state index contributed by atoms with van der Waals surface area (Å²) in [4.78, 5) is 6.50. The Morgan fingerprint density at radius 2 is 2.24 bits per heavy atom. The highest BCUT2D eigenvalue weighted by Gasteiger charge is 2.21. The first kappa shape index (κ1) is 12.2. The molecule has 0 amide bonds. The highest BCUT2D eigenvalue weighted by molar-refractivity contribution is 5.62. The molecule has 1 saturated carbocycles. The highest BCUT2D eigenvalue weighted by Crippen LogP contribution is 2.28. The van der Waals surface area contributed by atoms with Crippen molar-refractivity contribution in [3.63, 3.8) is 0 Å². The summed E-state index contributed by atoms with van der Waals surface area (Å²) >= 11 is 0. The summed E-state index contributed by atoms with van der Waals surface area (Å²) in [6, 6.07) is 3.83. The number of rotatable bonds is 6. The summed E-state index contributed by atoms with van der Waals surface area (Å²) in [7, 11) is 2.00. The number of pyridine rings is 1. The molecule has 0 unspecified atom stereocenters. The normalized spacial score (nSPS) is 14.9. The SMILES string of the molecule is Cc1ccc(N)c(N(C)CCOCC2CC2)n1. The van der Waals surface area contributed by atoms with E-state index in [1.54, 1.807) is 0 Å². The number of ether oxygens (including phenoxy) is 1. The van der Waals surface area contributed by atoms with Gasteiger partial charge >= 0.3 is 0 Å². The zero-order valence-corrected chi connectivity index (χ0v) is 10.6. The van der Waals surface area contributed by atoms with Gasteiger partial charge in [0.1, 0.15) is 0 Å². The van der Waals surface area contributed by atoms with Gasteiger partial charge in [-0.3, -0.25) is 0 Å². The molecule has 0 spiro atoms. The summed E-state index contributed by atoms with van der Waals surface area (Å²) in [5, 5.41) is 0. The van der Waals surface area contributed by atoms with E-state index in [0.717, 1.165) is 42.9 Å². The van der Waals surface area contributed by atoms with Crippen molar-refractivity contribution in [3.8, 4) is 0 Å². The number of nitrogens with two attached hydrogens (primary N) is 1. The Bertz CT molecular complexity index is 377. The second-order valence-corrected chi connectivity index (χ2v) is 4.81. The largest absolute Gasteiger partial charge is 0.396 e. The monoisotopic (exact) mass is 235 g/mol. The Hall–Kier alpha value is -1.29. The molecule has 1 aliphatic carbocycles. The van der Waals surface area contributed by atoms with Gasteiger partial charge < -0.3 is 15.4 Å². The van der Waals surface area contributed by atoms with Crippen molar-refractivity contribution in [2.75, 3.05) is 37.4 Å². The Balaban J connectivity index is 1.80. The first-order valence-electron chi connectivity index (χ1n) is 6.19. The van der Waals surface area contributed by atoms with Crippen molar-refractivity contribution in [2.24, 2.45) is 5.92 Å². The molecule has 17 heavy (non-hydrogen) atoms. The van der Waals surface area contributed by atoms with Gasteiger partial charge in [0.15, 0.2) is 5.82 Å². The van der Waals surface area contributed by atoms with Gasteiger partial charge in [0, 0.05) is 25.9 Å². The van der Waals surface area contributed by atoms with Crippen LogP contribution in [0, 0.1) is 12.8 Å². The number of nitrogen functional groups attached to an aromatic ring is 1. The molecule has 1 aromatic heterocycles. The first-order valence-corrected chi connectivity index (χ1v) is 6.19. The van der Waals surface area contributed by atoms with E-state index in [-0.39, 0.29) is 0 Å². The lowest BCUT2D eigenvalue weighted by Gasteiger charge is -2.20. The zero-order valence-electron chi connectivity index (χ0n) is 10.6. The van der Waals surface area contributed by atoms with Crippen LogP contribution in [0.2, 0.25) is 0 Å². The summed E-state index contributed by atoms with van der Waals surface area (Å²) in [6.07, 6.45) is 2.67. The molecule has 1 heterocycles. The lowest BCUT2D eigenvalue weighted by Crippen LogP contribution is -2.25. The average Bonchev–Trinajstić information content (AvgIpc) is 3.11. The molecular weight excluding hydrogens is 214 g/mol. The third-order valence-corrected chi connectivity index (χ3v) is 3.03. The van der Waals surface area contributed by atoms with Crippen LogP contribution in [-0.4, -0.2) is 31.8 Å². The zero-order chi connectivity index (χ0) is 12.3. The predicted molar refractivity (Wildman–Crippen MR) is 70.2 cm³/mol. The van der Waals surface area contributed by atoms with Gasteiger partial charge in [-0.1, -0.05) is 0 Å². The molecule has 1 aliphatic rings. The lowest BCUT2D eigenvalue weighted by atomic mass is 10.3. The summed E-state index contributed by atoms with van der Waals surface area (Å²) < 4.78 is 5.61. The summed E-state index contributed by atoms with van der Waals surface area (Å²) in [6.45, 7) is 4.44. The van der Waals surface area contributed by atoms with Crippen LogP contribution in [0.25, 0.3) is 0 Å². The maximum atomic E-state index is 5.91. The van der Waals surface area contributed by atoms with Crippen molar-refractivity contribution < 1.29 is 4.74 Å². The highest BCUT2D eigenvalue weighted by atomic mass is 16.5. The summed E-state index contributed by atoms with van der Waals surface area (Å²) in [5.41, 5.74) is 7.62. The fourth-order valence-corrected chi connectivity index (χ4v) is 1.70.